The van der Waals surface area contributed by atoms with Crippen LogP contribution in [0.5, 0.6) is 0 Å². The largest absolute Gasteiger partial charge is 0.356 e. The Bertz CT molecular complexity index is 417. The molecular weight excluding hydrogens is 348 g/mol. The molecule has 0 aliphatic carbocycles. The van der Waals surface area contributed by atoms with Gasteiger partial charge in [-0.05, 0) is 44.9 Å². The molecular formula is C24H44N2O2. The van der Waals surface area contributed by atoms with Gasteiger partial charge in [0.2, 0.25) is 5.91 Å². The van der Waals surface area contributed by atoms with Crippen molar-refractivity contribution >= 4 is 5.91 Å². The zero-order valence-corrected chi connectivity index (χ0v) is 18.4. The Labute approximate surface area is 173 Å². The minimum absolute atomic E-state index is 0.183. The molecule has 162 valence electrons. The van der Waals surface area contributed by atoms with E-state index in [1.54, 1.807) is 0 Å². The molecule has 0 saturated carbocycles. The molecule has 0 aliphatic rings. The van der Waals surface area contributed by atoms with Crippen LogP contribution in [0.1, 0.15) is 90.9 Å². The summed E-state index contributed by atoms with van der Waals surface area (Å²) in [4.78, 5) is 16.9. The topological polar surface area (TPSA) is 50.4 Å². The molecule has 0 atom stereocenters. The molecule has 0 unspecified atom stereocenters. The van der Waals surface area contributed by atoms with E-state index in [0.29, 0.717) is 6.42 Å². The van der Waals surface area contributed by atoms with Crippen LogP contribution in [-0.4, -0.2) is 25.6 Å². The number of rotatable bonds is 20. The van der Waals surface area contributed by atoms with Crippen LogP contribution < -0.4 is 10.8 Å². The van der Waals surface area contributed by atoms with Gasteiger partial charge in [0.1, 0.15) is 0 Å². The van der Waals surface area contributed by atoms with Gasteiger partial charge in [-0.3, -0.25) is 4.79 Å². The van der Waals surface area contributed by atoms with E-state index < -0.39 is 0 Å². The maximum atomic E-state index is 11.5. The first-order valence-corrected chi connectivity index (χ1v) is 11.4. The van der Waals surface area contributed by atoms with Crippen LogP contribution >= 0.6 is 0 Å². The minimum atomic E-state index is 0.183. The number of carbonyl (C=O) groups is 1. The minimum Gasteiger partial charge on any atom is -0.356 e. The van der Waals surface area contributed by atoms with Crippen molar-refractivity contribution in [2.45, 2.75) is 90.9 Å². The molecule has 0 aromatic carbocycles. The summed E-state index contributed by atoms with van der Waals surface area (Å²) in [6.07, 6.45) is 25.8. The number of carbonyl (C=O) groups excluding carboxylic acids is 1. The molecule has 0 aromatic heterocycles. The first kappa shape index (κ1) is 26.6. The van der Waals surface area contributed by atoms with E-state index in [4.69, 9.17) is 4.84 Å². The summed E-state index contributed by atoms with van der Waals surface area (Å²) in [5.41, 5.74) is 3.01. The van der Waals surface area contributed by atoms with E-state index in [0.717, 1.165) is 71.1 Å². The lowest BCUT2D eigenvalue weighted by molar-refractivity contribution is -0.121. The Kier molecular flexibility index (Phi) is 22.5. The molecule has 0 rings (SSSR count). The summed E-state index contributed by atoms with van der Waals surface area (Å²) >= 11 is 0. The SMILES string of the molecule is CCCCCCONCC/C=C\C/C=C\C/C=C\CCCC(=O)NCCCC. The molecule has 4 heteroatoms. The molecule has 0 aliphatic heterocycles. The van der Waals surface area contributed by atoms with Gasteiger partial charge in [0.15, 0.2) is 0 Å². The molecule has 0 saturated heterocycles. The van der Waals surface area contributed by atoms with E-state index in [-0.39, 0.29) is 5.91 Å². The molecule has 0 fully saturated rings. The van der Waals surface area contributed by atoms with Crippen molar-refractivity contribution in [2.75, 3.05) is 19.7 Å². The predicted molar refractivity (Wildman–Crippen MR) is 121 cm³/mol. The lowest BCUT2D eigenvalue weighted by Gasteiger charge is -2.03. The van der Waals surface area contributed by atoms with E-state index in [2.05, 4.69) is 61.1 Å². The first-order chi connectivity index (χ1) is 13.8. The smallest absolute Gasteiger partial charge is 0.220 e. The zero-order chi connectivity index (χ0) is 20.5. The van der Waals surface area contributed by atoms with Gasteiger partial charge in [-0.1, -0.05) is 76.0 Å². The van der Waals surface area contributed by atoms with Gasteiger partial charge in [0.05, 0.1) is 6.61 Å². The van der Waals surface area contributed by atoms with Crippen LogP contribution in [0.25, 0.3) is 0 Å². The fourth-order valence-electron chi connectivity index (χ4n) is 2.54. The predicted octanol–water partition coefficient (Wildman–Crippen LogP) is 6.01. The van der Waals surface area contributed by atoms with Crippen LogP contribution in [0.2, 0.25) is 0 Å². The number of hydrogen-bond acceptors (Lipinski definition) is 3. The third-order valence-corrected chi connectivity index (χ3v) is 4.29. The standard InChI is InChI=1S/C24H44N2O2/c1-3-5-7-19-23-28-26-22-18-16-14-12-10-8-9-11-13-15-17-20-24(27)25-21-6-4-2/h8,10-11,13-14,16,26H,3-7,9,12,15,17-23H2,1-2H3,(H,25,27)/b10-8-,13-11-,16-14-. The molecule has 4 nitrogen and oxygen atoms in total. The number of hydroxylamine groups is 1. The van der Waals surface area contributed by atoms with Crippen molar-refractivity contribution in [3.05, 3.63) is 36.5 Å². The van der Waals surface area contributed by atoms with E-state index in [1.165, 1.54) is 19.3 Å². The molecule has 0 spiro atoms. The second-order valence-electron chi connectivity index (χ2n) is 7.07. The van der Waals surface area contributed by atoms with Crippen molar-refractivity contribution in [3.63, 3.8) is 0 Å². The second kappa shape index (κ2) is 23.6. The fraction of sp³-hybridized carbons (Fsp3) is 0.708. The van der Waals surface area contributed by atoms with Crippen LogP contribution in [0, 0.1) is 0 Å². The number of nitrogens with one attached hydrogen (secondary N) is 2. The Balaban J connectivity index is 3.35. The normalized spacial score (nSPS) is 11.9. The van der Waals surface area contributed by atoms with Crippen LogP contribution in [0.4, 0.5) is 0 Å². The average Bonchev–Trinajstić information content (AvgIpc) is 2.70. The number of hydrogen-bond donors (Lipinski definition) is 2. The van der Waals surface area contributed by atoms with Crippen LogP contribution in [-0.2, 0) is 9.63 Å². The van der Waals surface area contributed by atoms with Gasteiger partial charge >= 0.3 is 0 Å². The van der Waals surface area contributed by atoms with Crippen molar-refractivity contribution < 1.29 is 9.63 Å². The Morgan fingerprint density at radius 2 is 1.43 bits per heavy atom. The average molecular weight is 393 g/mol. The van der Waals surface area contributed by atoms with Crippen molar-refractivity contribution in [3.8, 4) is 0 Å². The van der Waals surface area contributed by atoms with Gasteiger partial charge in [0, 0.05) is 19.5 Å². The highest BCUT2D eigenvalue weighted by molar-refractivity contribution is 5.75. The summed E-state index contributed by atoms with van der Waals surface area (Å²) in [6, 6.07) is 0. The molecule has 28 heavy (non-hydrogen) atoms. The van der Waals surface area contributed by atoms with Crippen molar-refractivity contribution in [2.24, 2.45) is 0 Å². The number of allylic oxidation sites excluding steroid dienone is 5. The summed E-state index contributed by atoms with van der Waals surface area (Å²) in [5, 5.41) is 2.95. The third kappa shape index (κ3) is 22.7. The van der Waals surface area contributed by atoms with E-state index in [1.807, 2.05) is 0 Å². The van der Waals surface area contributed by atoms with Crippen molar-refractivity contribution in [1.29, 1.82) is 0 Å². The maximum absolute atomic E-state index is 11.5. The Morgan fingerprint density at radius 3 is 2.14 bits per heavy atom. The zero-order valence-electron chi connectivity index (χ0n) is 18.4. The molecule has 1 amide bonds. The monoisotopic (exact) mass is 392 g/mol. The highest BCUT2D eigenvalue weighted by Crippen LogP contribution is 2.00. The summed E-state index contributed by atoms with van der Waals surface area (Å²) in [7, 11) is 0. The fourth-order valence-corrected chi connectivity index (χ4v) is 2.54. The van der Waals surface area contributed by atoms with Gasteiger partial charge in [-0.25, -0.2) is 5.48 Å². The van der Waals surface area contributed by atoms with Gasteiger partial charge < -0.3 is 10.2 Å². The summed E-state index contributed by atoms with van der Waals surface area (Å²) in [5.74, 6) is 0.183. The van der Waals surface area contributed by atoms with Crippen LogP contribution in [0.15, 0.2) is 36.5 Å². The molecule has 0 radical (unpaired) electrons. The van der Waals surface area contributed by atoms with E-state index >= 15 is 0 Å². The Hall–Kier alpha value is -1.39. The molecule has 0 heterocycles. The summed E-state index contributed by atoms with van der Waals surface area (Å²) in [6.45, 7) is 6.84. The lowest BCUT2D eigenvalue weighted by atomic mass is 10.2. The number of amides is 1. The van der Waals surface area contributed by atoms with E-state index in [9.17, 15) is 4.79 Å². The van der Waals surface area contributed by atoms with Gasteiger partial charge in [-0.2, -0.15) is 0 Å². The van der Waals surface area contributed by atoms with Crippen LogP contribution in [0.3, 0.4) is 0 Å². The van der Waals surface area contributed by atoms with Gasteiger partial charge in [0.25, 0.3) is 0 Å². The highest BCUT2D eigenvalue weighted by atomic mass is 16.6. The van der Waals surface area contributed by atoms with Crippen molar-refractivity contribution in [1.82, 2.24) is 10.8 Å². The Morgan fingerprint density at radius 1 is 0.750 bits per heavy atom. The molecule has 2 N–H and O–H groups in total. The summed E-state index contributed by atoms with van der Waals surface area (Å²) < 4.78 is 0. The third-order valence-electron chi connectivity index (χ3n) is 4.29. The van der Waals surface area contributed by atoms with Gasteiger partial charge in [-0.15, -0.1) is 0 Å². The second-order valence-corrected chi connectivity index (χ2v) is 7.07. The number of unbranched alkanes of at least 4 members (excludes halogenated alkanes) is 5. The maximum Gasteiger partial charge on any atom is 0.220 e. The lowest BCUT2D eigenvalue weighted by Crippen LogP contribution is -2.23. The highest BCUT2D eigenvalue weighted by Gasteiger charge is 1.98. The molecule has 0 aromatic rings. The quantitative estimate of drug-likeness (QED) is 0.151. The first-order valence-electron chi connectivity index (χ1n) is 11.4. The molecule has 0 bridgehead atoms.